The topological polar surface area (TPSA) is 108 Å². The third-order valence-corrected chi connectivity index (χ3v) is 3.64. The predicted molar refractivity (Wildman–Crippen MR) is 83.8 cm³/mol. The Kier molecular flexibility index (Phi) is 4.98. The zero-order valence-corrected chi connectivity index (χ0v) is 13.4. The number of non-ortho nitro benzene ring substituents is 1. The lowest BCUT2D eigenvalue weighted by Crippen LogP contribution is -2.31. The van der Waals surface area contributed by atoms with Crippen LogP contribution in [-0.2, 0) is 19.1 Å². The Morgan fingerprint density at radius 3 is 2.21 bits per heavy atom. The van der Waals surface area contributed by atoms with E-state index < -0.39 is 22.9 Å². The van der Waals surface area contributed by atoms with E-state index in [0.29, 0.717) is 11.3 Å². The van der Waals surface area contributed by atoms with Crippen molar-refractivity contribution in [3.05, 3.63) is 62.9 Å². The minimum absolute atomic E-state index is 0.0549. The molecule has 1 aromatic rings. The van der Waals surface area contributed by atoms with Gasteiger partial charge in [0.15, 0.2) is 0 Å². The SMILES string of the molecule is COC(=O)C1=CC(C(=O)OC)=C(C)NC1c1ccc([N+](=O)[O-])cc1. The molecule has 0 aromatic heterocycles. The lowest BCUT2D eigenvalue weighted by molar-refractivity contribution is -0.384. The smallest absolute Gasteiger partial charge is 0.339 e. The number of ether oxygens (including phenoxy) is 2. The fourth-order valence-corrected chi connectivity index (χ4v) is 2.39. The minimum atomic E-state index is -0.611. The molecule has 1 N–H and O–H groups in total. The first-order chi connectivity index (χ1) is 11.4. The number of methoxy groups -OCH3 is 2. The molecule has 0 amide bonds. The summed E-state index contributed by atoms with van der Waals surface area (Å²) in [6.45, 7) is 1.68. The van der Waals surface area contributed by atoms with Crippen LogP contribution in [0.1, 0.15) is 18.5 Å². The highest BCUT2D eigenvalue weighted by Gasteiger charge is 2.30. The van der Waals surface area contributed by atoms with E-state index in [1.165, 1.54) is 32.4 Å². The van der Waals surface area contributed by atoms with Crippen molar-refractivity contribution in [1.29, 1.82) is 0 Å². The van der Waals surface area contributed by atoms with Crippen LogP contribution in [0.15, 0.2) is 47.2 Å². The average Bonchev–Trinajstić information content (AvgIpc) is 2.60. The van der Waals surface area contributed by atoms with Crippen LogP contribution in [0.2, 0.25) is 0 Å². The van der Waals surface area contributed by atoms with Gasteiger partial charge in [-0.3, -0.25) is 10.1 Å². The molecule has 0 aliphatic carbocycles. The van der Waals surface area contributed by atoms with Crippen molar-refractivity contribution in [2.24, 2.45) is 0 Å². The van der Waals surface area contributed by atoms with Crippen LogP contribution < -0.4 is 5.32 Å². The van der Waals surface area contributed by atoms with E-state index in [0.717, 1.165) is 0 Å². The fraction of sp³-hybridized carbons (Fsp3) is 0.250. The monoisotopic (exact) mass is 332 g/mol. The van der Waals surface area contributed by atoms with Crippen LogP contribution in [0.5, 0.6) is 0 Å². The summed E-state index contributed by atoms with van der Waals surface area (Å²) in [5.41, 5.74) is 1.52. The van der Waals surface area contributed by atoms with Crippen LogP contribution in [0.4, 0.5) is 5.69 Å². The normalized spacial score (nSPS) is 16.8. The second-order valence-electron chi connectivity index (χ2n) is 5.05. The number of nitrogens with one attached hydrogen (secondary N) is 1. The molecular weight excluding hydrogens is 316 g/mol. The first-order valence-electron chi connectivity index (χ1n) is 6.99. The number of hydrogen-bond donors (Lipinski definition) is 1. The molecule has 1 atom stereocenters. The van der Waals surface area contributed by atoms with Gasteiger partial charge in [-0.05, 0) is 30.7 Å². The number of nitro groups is 1. The Balaban J connectivity index is 2.45. The molecule has 24 heavy (non-hydrogen) atoms. The summed E-state index contributed by atoms with van der Waals surface area (Å²) < 4.78 is 9.47. The van der Waals surface area contributed by atoms with Crippen molar-refractivity contribution in [3.8, 4) is 0 Å². The first kappa shape index (κ1) is 17.2. The number of rotatable bonds is 4. The number of carbonyl (C=O) groups is 2. The first-order valence-corrected chi connectivity index (χ1v) is 6.99. The quantitative estimate of drug-likeness (QED) is 0.508. The Hall–Kier alpha value is -3.16. The van der Waals surface area contributed by atoms with Gasteiger partial charge in [0.2, 0.25) is 0 Å². The summed E-state index contributed by atoms with van der Waals surface area (Å²) >= 11 is 0. The molecule has 0 saturated heterocycles. The second-order valence-corrected chi connectivity index (χ2v) is 5.05. The Morgan fingerprint density at radius 2 is 1.71 bits per heavy atom. The average molecular weight is 332 g/mol. The molecule has 126 valence electrons. The standard InChI is InChI=1S/C16H16N2O6/c1-9-12(15(19)23-2)8-13(16(20)24-3)14(17-9)10-4-6-11(7-5-10)18(21)22/h4-8,14,17H,1-3H3. The van der Waals surface area contributed by atoms with Crippen LogP contribution in [-0.4, -0.2) is 31.1 Å². The molecule has 2 rings (SSSR count). The molecule has 0 spiro atoms. The van der Waals surface area contributed by atoms with Crippen molar-refractivity contribution < 1.29 is 24.0 Å². The molecule has 8 nitrogen and oxygen atoms in total. The number of benzene rings is 1. The van der Waals surface area contributed by atoms with Crippen molar-refractivity contribution in [2.45, 2.75) is 13.0 Å². The van der Waals surface area contributed by atoms with E-state index >= 15 is 0 Å². The molecule has 1 unspecified atom stereocenters. The third-order valence-electron chi connectivity index (χ3n) is 3.64. The summed E-state index contributed by atoms with van der Waals surface area (Å²) in [5.74, 6) is -1.19. The van der Waals surface area contributed by atoms with Crippen LogP contribution >= 0.6 is 0 Å². The number of carbonyl (C=O) groups excluding carboxylic acids is 2. The molecule has 0 fully saturated rings. The highest BCUT2D eigenvalue weighted by Crippen LogP contribution is 2.31. The molecule has 1 heterocycles. The van der Waals surface area contributed by atoms with Gasteiger partial charge in [-0.25, -0.2) is 9.59 Å². The van der Waals surface area contributed by atoms with Gasteiger partial charge in [0.05, 0.1) is 36.3 Å². The number of nitro benzene ring substituents is 1. The van der Waals surface area contributed by atoms with Crippen molar-refractivity contribution in [2.75, 3.05) is 14.2 Å². The van der Waals surface area contributed by atoms with Crippen LogP contribution in [0, 0.1) is 10.1 Å². The number of esters is 2. The molecular formula is C16H16N2O6. The van der Waals surface area contributed by atoms with E-state index in [-0.39, 0.29) is 16.8 Å². The zero-order valence-electron chi connectivity index (χ0n) is 13.4. The van der Waals surface area contributed by atoms with Crippen LogP contribution in [0.3, 0.4) is 0 Å². The maximum absolute atomic E-state index is 12.1. The Labute approximate surface area is 137 Å². The van der Waals surface area contributed by atoms with Crippen molar-refractivity contribution in [1.82, 2.24) is 5.32 Å². The zero-order chi connectivity index (χ0) is 17.9. The Bertz CT molecular complexity index is 748. The van der Waals surface area contributed by atoms with E-state index in [1.54, 1.807) is 19.1 Å². The fourth-order valence-electron chi connectivity index (χ4n) is 2.39. The predicted octanol–water partition coefficient (Wildman–Crippen LogP) is 1.79. The molecule has 1 aromatic carbocycles. The lowest BCUT2D eigenvalue weighted by atomic mass is 9.92. The summed E-state index contributed by atoms with van der Waals surface area (Å²) in [6.07, 6.45) is 1.41. The number of allylic oxidation sites excluding steroid dienone is 1. The van der Waals surface area contributed by atoms with E-state index in [4.69, 9.17) is 9.47 Å². The number of hydrogen-bond acceptors (Lipinski definition) is 7. The van der Waals surface area contributed by atoms with E-state index in [9.17, 15) is 19.7 Å². The van der Waals surface area contributed by atoms with Gasteiger partial charge in [-0.15, -0.1) is 0 Å². The largest absolute Gasteiger partial charge is 0.466 e. The maximum atomic E-state index is 12.1. The van der Waals surface area contributed by atoms with E-state index in [1.807, 2.05) is 0 Å². The Morgan fingerprint density at radius 1 is 1.12 bits per heavy atom. The van der Waals surface area contributed by atoms with Gasteiger partial charge >= 0.3 is 11.9 Å². The third kappa shape index (κ3) is 3.27. The summed E-state index contributed by atoms with van der Waals surface area (Å²) in [4.78, 5) is 34.1. The highest BCUT2D eigenvalue weighted by molar-refractivity contribution is 5.98. The molecule has 1 aliphatic heterocycles. The summed E-state index contributed by atoms with van der Waals surface area (Å²) in [6, 6.07) is 5.19. The lowest BCUT2D eigenvalue weighted by Gasteiger charge is -2.27. The van der Waals surface area contributed by atoms with Gasteiger partial charge in [0, 0.05) is 17.8 Å². The van der Waals surface area contributed by atoms with Gasteiger partial charge in [0.25, 0.3) is 5.69 Å². The second kappa shape index (κ2) is 6.95. The number of dihydropyridines is 1. The van der Waals surface area contributed by atoms with Gasteiger partial charge in [0.1, 0.15) is 0 Å². The van der Waals surface area contributed by atoms with Crippen molar-refractivity contribution in [3.63, 3.8) is 0 Å². The molecule has 1 aliphatic rings. The van der Waals surface area contributed by atoms with Crippen molar-refractivity contribution >= 4 is 17.6 Å². The minimum Gasteiger partial charge on any atom is -0.466 e. The number of nitrogens with zero attached hydrogens (tertiary/aromatic N) is 1. The van der Waals surface area contributed by atoms with Gasteiger partial charge in [-0.1, -0.05) is 0 Å². The molecule has 0 saturated carbocycles. The van der Waals surface area contributed by atoms with Gasteiger partial charge in [-0.2, -0.15) is 0 Å². The summed E-state index contributed by atoms with van der Waals surface area (Å²) in [5, 5.41) is 13.8. The summed E-state index contributed by atoms with van der Waals surface area (Å²) in [7, 11) is 2.48. The van der Waals surface area contributed by atoms with E-state index in [2.05, 4.69) is 5.32 Å². The maximum Gasteiger partial charge on any atom is 0.339 e. The van der Waals surface area contributed by atoms with Crippen LogP contribution in [0.25, 0.3) is 0 Å². The molecule has 8 heteroatoms. The molecule has 0 radical (unpaired) electrons. The molecule has 0 bridgehead atoms. The highest BCUT2D eigenvalue weighted by atomic mass is 16.6. The van der Waals surface area contributed by atoms with Gasteiger partial charge < -0.3 is 14.8 Å².